The lowest BCUT2D eigenvalue weighted by Crippen LogP contribution is -2.32. The van der Waals surface area contributed by atoms with Crippen molar-refractivity contribution in [3.63, 3.8) is 0 Å². The van der Waals surface area contributed by atoms with E-state index in [1.165, 1.54) is 37.9 Å². The van der Waals surface area contributed by atoms with E-state index in [1.54, 1.807) is 0 Å². The number of piperidine rings is 1. The van der Waals surface area contributed by atoms with Crippen LogP contribution in [0.5, 0.6) is 0 Å². The lowest BCUT2D eigenvalue weighted by molar-refractivity contribution is 0.175. The van der Waals surface area contributed by atoms with Crippen LogP contribution < -0.4 is 0 Å². The van der Waals surface area contributed by atoms with Crippen molar-refractivity contribution in [1.82, 2.24) is 4.90 Å². The Morgan fingerprint density at radius 1 is 1.00 bits per heavy atom. The Kier molecular flexibility index (Phi) is 5.34. The minimum atomic E-state index is 0. The molecular weight excluding hydrogens is 250 g/mol. The maximum Gasteiger partial charge on any atom is 0.0319 e. The molecule has 0 N–H and O–H groups in total. The first kappa shape index (κ1) is 12.7. The summed E-state index contributed by atoms with van der Waals surface area (Å²) in [5, 5.41) is 0. The zero-order chi connectivity index (χ0) is 9.80. The van der Waals surface area contributed by atoms with Gasteiger partial charge in [-0.15, -0.1) is 17.0 Å². The van der Waals surface area contributed by atoms with Crippen LogP contribution in [0.4, 0.5) is 0 Å². The van der Waals surface area contributed by atoms with Gasteiger partial charge in [0.2, 0.25) is 0 Å². The van der Waals surface area contributed by atoms with Crippen molar-refractivity contribution in [2.45, 2.75) is 32.2 Å². The quantitative estimate of drug-likeness (QED) is 0.789. The second kappa shape index (κ2) is 6.29. The zero-order valence-electron chi connectivity index (χ0n) is 9.36. The second-order valence-electron chi connectivity index (χ2n) is 4.18. The van der Waals surface area contributed by atoms with Crippen LogP contribution in [0.1, 0.15) is 37.8 Å². The Morgan fingerprint density at radius 3 is 2.20 bits per heavy atom. The van der Waals surface area contributed by atoms with E-state index in [9.17, 15) is 0 Å². The fraction of sp³-hybridized carbons (Fsp3) is 0.538. The van der Waals surface area contributed by atoms with Crippen molar-refractivity contribution in [2.75, 3.05) is 13.1 Å². The highest BCUT2D eigenvalue weighted by Gasteiger charge is 2.17. The third kappa shape index (κ3) is 3.32. The van der Waals surface area contributed by atoms with Gasteiger partial charge in [0.15, 0.2) is 0 Å². The van der Waals surface area contributed by atoms with E-state index in [2.05, 4.69) is 42.2 Å². The molecule has 84 valence electrons. The lowest BCUT2D eigenvalue weighted by Gasteiger charge is -2.32. The van der Waals surface area contributed by atoms with Crippen molar-refractivity contribution in [3.05, 3.63) is 35.9 Å². The summed E-state index contributed by atoms with van der Waals surface area (Å²) < 4.78 is 0. The van der Waals surface area contributed by atoms with Gasteiger partial charge in [0.1, 0.15) is 0 Å². The number of benzene rings is 1. The average molecular weight is 270 g/mol. The van der Waals surface area contributed by atoms with Gasteiger partial charge in [-0.25, -0.2) is 0 Å². The molecular formula is C13H20BrN. The number of rotatable bonds is 2. The molecule has 1 aliphatic heterocycles. The van der Waals surface area contributed by atoms with Crippen LogP contribution in [0.25, 0.3) is 0 Å². The highest BCUT2D eigenvalue weighted by atomic mass is 79.9. The topological polar surface area (TPSA) is 3.24 Å². The molecule has 0 amide bonds. The highest BCUT2D eigenvalue weighted by molar-refractivity contribution is 8.93. The predicted octanol–water partition coefficient (Wildman–Crippen LogP) is 3.81. The Balaban J connectivity index is 0.00000112. The molecule has 0 saturated carbocycles. The molecule has 1 atom stereocenters. The summed E-state index contributed by atoms with van der Waals surface area (Å²) in [7, 11) is 0. The standard InChI is InChI=1S/C13H19N.BrH/c1-12(13-8-4-2-5-9-13)14-10-6-3-7-11-14;/h2,4-5,8-9,12H,3,6-7,10-11H2,1H3;1H. The molecule has 2 heteroatoms. The highest BCUT2D eigenvalue weighted by Crippen LogP contribution is 2.23. The summed E-state index contributed by atoms with van der Waals surface area (Å²) in [6.07, 6.45) is 4.16. The number of halogens is 1. The van der Waals surface area contributed by atoms with Crippen LogP contribution in [0.3, 0.4) is 0 Å². The van der Waals surface area contributed by atoms with Gasteiger partial charge in [-0.1, -0.05) is 36.8 Å². The van der Waals surface area contributed by atoms with E-state index < -0.39 is 0 Å². The molecule has 2 rings (SSSR count). The van der Waals surface area contributed by atoms with Crippen LogP contribution in [-0.2, 0) is 0 Å². The largest absolute Gasteiger partial charge is 0.297 e. The first-order valence-corrected chi connectivity index (χ1v) is 5.67. The molecule has 0 aromatic heterocycles. The zero-order valence-corrected chi connectivity index (χ0v) is 11.1. The van der Waals surface area contributed by atoms with E-state index >= 15 is 0 Å². The number of hydrogen-bond acceptors (Lipinski definition) is 1. The molecule has 0 radical (unpaired) electrons. The van der Waals surface area contributed by atoms with Crippen molar-refractivity contribution >= 4 is 17.0 Å². The maximum absolute atomic E-state index is 2.60. The van der Waals surface area contributed by atoms with E-state index in [4.69, 9.17) is 0 Å². The third-order valence-electron chi connectivity index (χ3n) is 3.22. The molecule has 1 saturated heterocycles. The van der Waals surface area contributed by atoms with Crippen LogP contribution in [0.15, 0.2) is 30.3 Å². The molecule has 1 nitrogen and oxygen atoms in total. The van der Waals surface area contributed by atoms with Gasteiger partial charge >= 0.3 is 0 Å². The minimum absolute atomic E-state index is 0. The van der Waals surface area contributed by atoms with E-state index in [-0.39, 0.29) is 17.0 Å². The van der Waals surface area contributed by atoms with Gasteiger partial charge in [-0.2, -0.15) is 0 Å². The molecule has 1 aliphatic rings. The first-order valence-electron chi connectivity index (χ1n) is 5.67. The molecule has 15 heavy (non-hydrogen) atoms. The van der Waals surface area contributed by atoms with E-state index in [0.29, 0.717) is 6.04 Å². The Hall–Kier alpha value is -0.340. The monoisotopic (exact) mass is 269 g/mol. The van der Waals surface area contributed by atoms with Gasteiger partial charge < -0.3 is 0 Å². The molecule has 1 heterocycles. The van der Waals surface area contributed by atoms with Gasteiger partial charge in [0.25, 0.3) is 0 Å². The van der Waals surface area contributed by atoms with Crippen LogP contribution >= 0.6 is 17.0 Å². The Bertz CT molecular complexity index is 267. The smallest absolute Gasteiger partial charge is 0.0319 e. The van der Waals surface area contributed by atoms with Crippen LogP contribution in [-0.4, -0.2) is 18.0 Å². The normalized spacial score (nSPS) is 19.3. The second-order valence-corrected chi connectivity index (χ2v) is 4.18. The van der Waals surface area contributed by atoms with Gasteiger partial charge in [-0.3, -0.25) is 4.90 Å². The van der Waals surface area contributed by atoms with E-state index in [1.807, 2.05) is 0 Å². The molecule has 1 unspecified atom stereocenters. The number of hydrogen-bond donors (Lipinski definition) is 0. The summed E-state index contributed by atoms with van der Waals surface area (Å²) in [5.41, 5.74) is 1.45. The van der Waals surface area contributed by atoms with Crippen molar-refractivity contribution in [3.8, 4) is 0 Å². The SMILES string of the molecule is Br.CC(c1ccccc1)N1CCCCC1. The fourth-order valence-electron chi connectivity index (χ4n) is 2.25. The average Bonchev–Trinajstić information content (AvgIpc) is 2.30. The Morgan fingerprint density at radius 2 is 1.60 bits per heavy atom. The first-order chi connectivity index (χ1) is 6.88. The van der Waals surface area contributed by atoms with E-state index in [0.717, 1.165) is 0 Å². The van der Waals surface area contributed by atoms with Crippen LogP contribution in [0.2, 0.25) is 0 Å². The van der Waals surface area contributed by atoms with Crippen molar-refractivity contribution in [1.29, 1.82) is 0 Å². The summed E-state index contributed by atoms with van der Waals surface area (Å²) in [5.74, 6) is 0. The van der Waals surface area contributed by atoms with Gasteiger partial charge in [-0.05, 0) is 38.4 Å². The summed E-state index contributed by atoms with van der Waals surface area (Å²) in [4.78, 5) is 2.60. The number of nitrogens with zero attached hydrogens (tertiary/aromatic N) is 1. The summed E-state index contributed by atoms with van der Waals surface area (Å²) in [6, 6.07) is 11.4. The molecule has 1 aromatic carbocycles. The maximum atomic E-state index is 2.60. The lowest BCUT2D eigenvalue weighted by atomic mass is 10.0. The third-order valence-corrected chi connectivity index (χ3v) is 3.22. The fourth-order valence-corrected chi connectivity index (χ4v) is 2.25. The molecule has 1 fully saturated rings. The van der Waals surface area contributed by atoms with Gasteiger partial charge in [0, 0.05) is 6.04 Å². The minimum Gasteiger partial charge on any atom is -0.297 e. The molecule has 0 aliphatic carbocycles. The van der Waals surface area contributed by atoms with Crippen LogP contribution in [0, 0.1) is 0 Å². The molecule has 0 bridgehead atoms. The predicted molar refractivity (Wildman–Crippen MR) is 70.6 cm³/mol. The number of likely N-dealkylation sites (tertiary alicyclic amines) is 1. The molecule has 1 aromatic rings. The summed E-state index contributed by atoms with van der Waals surface area (Å²) >= 11 is 0. The Labute approximate surface area is 103 Å². The summed E-state index contributed by atoms with van der Waals surface area (Å²) in [6.45, 7) is 4.87. The van der Waals surface area contributed by atoms with Crippen molar-refractivity contribution < 1.29 is 0 Å². The van der Waals surface area contributed by atoms with Crippen molar-refractivity contribution in [2.24, 2.45) is 0 Å². The van der Waals surface area contributed by atoms with Gasteiger partial charge in [0.05, 0.1) is 0 Å². The molecule has 0 spiro atoms.